The van der Waals surface area contributed by atoms with Crippen LogP contribution in [0.3, 0.4) is 0 Å². The van der Waals surface area contributed by atoms with Crippen molar-refractivity contribution in [3.63, 3.8) is 0 Å². The van der Waals surface area contributed by atoms with E-state index in [-0.39, 0.29) is 12.1 Å². The molecule has 0 aliphatic carbocycles. The van der Waals surface area contributed by atoms with E-state index in [9.17, 15) is 18.0 Å². The van der Waals surface area contributed by atoms with Gasteiger partial charge in [-0.3, -0.25) is 4.79 Å². The predicted molar refractivity (Wildman–Crippen MR) is 96.5 cm³/mol. The van der Waals surface area contributed by atoms with Crippen LogP contribution in [0.15, 0.2) is 54.7 Å². The molecule has 27 heavy (non-hydrogen) atoms. The van der Waals surface area contributed by atoms with Crippen LogP contribution in [0.1, 0.15) is 16.7 Å². The van der Waals surface area contributed by atoms with E-state index in [0.717, 1.165) is 18.2 Å². The van der Waals surface area contributed by atoms with Crippen LogP contribution in [-0.2, 0) is 11.3 Å². The fourth-order valence-electron chi connectivity index (χ4n) is 2.53. The third kappa shape index (κ3) is 4.63. The number of aromatic nitrogens is 2. The number of amides is 1. The molecule has 138 valence electrons. The number of benzene rings is 2. The third-order valence-electron chi connectivity index (χ3n) is 3.87. The fourth-order valence-corrected chi connectivity index (χ4v) is 2.53. The van der Waals surface area contributed by atoms with Crippen molar-refractivity contribution >= 4 is 17.8 Å². The highest BCUT2D eigenvalue weighted by Gasteiger charge is 2.12. The molecule has 0 unspecified atom stereocenters. The molecule has 1 amide bonds. The van der Waals surface area contributed by atoms with Crippen LogP contribution in [0.4, 0.5) is 19.0 Å². The van der Waals surface area contributed by atoms with Gasteiger partial charge in [0.2, 0.25) is 5.91 Å². The molecule has 0 bridgehead atoms. The average molecular weight is 371 g/mol. The summed E-state index contributed by atoms with van der Waals surface area (Å²) in [7, 11) is 0. The predicted octanol–water partition coefficient (Wildman–Crippen LogP) is 4.31. The molecule has 1 N–H and O–H groups in total. The van der Waals surface area contributed by atoms with E-state index in [0.29, 0.717) is 16.9 Å². The van der Waals surface area contributed by atoms with E-state index < -0.39 is 23.4 Å². The molecule has 1 aromatic heterocycles. The van der Waals surface area contributed by atoms with Crippen molar-refractivity contribution in [1.82, 2.24) is 9.78 Å². The van der Waals surface area contributed by atoms with Gasteiger partial charge in [0.05, 0.1) is 12.7 Å². The number of nitrogens with zero attached hydrogens (tertiary/aromatic N) is 2. The molecule has 7 heteroatoms. The van der Waals surface area contributed by atoms with Crippen LogP contribution >= 0.6 is 0 Å². The highest BCUT2D eigenvalue weighted by Crippen LogP contribution is 2.18. The second-order valence-corrected chi connectivity index (χ2v) is 5.95. The maximum Gasteiger partial charge on any atom is 0.249 e. The Balaban J connectivity index is 1.76. The topological polar surface area (TPSA) is 46.9 Å². The molecule has 0 saturated heterocycles. The Labute approximate surface area is 153 Å². The van der Waals surface area contributed by atoms with Crippen LogP contribution in [0.5, 0.6) is 0 Å². The Hall–Kier alpha value is -3.35. The molecule has 0 atom stereocenters. The van der Waals surface area contributed by atoms with Gasteiger partial charge in [0.1, 0.15) is 23.3 Å². The smallest absolute Gasteiger partial charge is 0.249 e. The van der Waals surface area contributed by atoms with Crippen LogP contribution in [-0.4, -0.2) is 15.7 Å². The summed E-state index contributed by atoms with van der Waals surface area (Å²) in [4.78, 5) is 12.2. The monoisotopic (exact) mass is 371 g/mol. The van der Waals surface area contributed by atoms with Crippen LogP contribution in [0.2, 0.25) is 0 Å². The number of hydrogen-bond acceptors (Lipinski definition) is 2. The van der Waals surface area contributed by atoms with E-state index in [1.165, 1.54) is 35.2 Å². The van der Waals surface area contributed by atoms with E-state index in [1.54, 1.807) is 19.1 Å². The fraction of sp³-hybridized carbons (Fsp3) is 0.100. The number of hydrogen-bond donors (Lipinski definition) is 1. The number of carbonyl (C=O) groups is 1. The Morgan fingerprint density at radius 2 is 1.93 bits per heavy atom. The summed E-state index contributed by atoms with van der Waals surface area (Å²) in [6, 6.07) is 8.97. The molecular formula is C20H16F3N3O. The van der Waals surface area contributed by atoms with Crippen molar-refractivity contribution in [1.29, 1.82) is 0 Å². The Kier molecular flexibility index (Phi) is 5.40. The molecule has 0 aliphatic heterocycles. The first kappa shape index (κ1) is 18.4. The van der Waals surface area contributed by atoms with Gasteiger partial charge in [0, 0.05) is 17.2 Å². The first-order valence-electron chi connectivity index (χ1n) is 8.13. The quantitative estimate of drug-likeness (QED) is 0.680. The Morgan fingerprint density at radius 3 is 2.70 bits per heavy atom. The molecule has 4 nitrogen and oxygen atoms in total. The summed E-state index contributed by atoms with van der Waals surface area (Å²) in [5, 5.41) is 6.77. The molecule has 3 aromatic rings. The van der Waals surface area contributed by atoms with Crippen molar-refractivity contribution in [3.8, 4) is 0 Å². The van der Waals surface area contributed by atoms with E-state index >= 15 is 0 Å². The van der Waals surface area contributed by atoms with E-state index in [4.69, 9.17) is 0 Å². The molecule has 0 saturated carbocycles. The minimum Gasteiger partial charge on any atom is -0.307 e. The van der Waals surface area contributed by atoms with Gasteiger partial charge in [-0.15, -0.1) is 0 Å². The van der Waals surface area contributed by atoms with Crippen molar-refractivity contribution in [2.75, 3.05) is 5.32 Å². The summed E-state index contributed by atoms with van der Waals surface area (Å²) in [6.07, 6.45) is 4.25. The lowest BCUT2D eigenvalue weighted by atomic mass is 10.2. The largest absolute Gasteiger partial charge is 0.307 e. The molecule has 3 rings (SSSR count). The second kappa shape index (κ2) is 7.90. The van der Waals surface area contributed by atoms with Gasteiger partial charge in [-0.2, -0.15) is 5.10 Å². The number of rotatable bonds is 5. The lowest BCUT2D eigenvalue weighted by molar-refractivity contribution is -0.111. The van der Waals surface area contributed by atoms with Gasteiger partial charge in [0.15, 0.2) is 0 Å². The number of aryl methyl sites for hydroxylation is 1. The number of carbonyl (C=O) groups excluding carboxylic acids is 1. The molecule has 0 fully saturated rings. The summed E-state index contributed by atoms with van der Waals surface area (Å²) in [5.74, 6) is -1.60. The number of halogens is 3. The second-order valence-electron chi connectivity index (χ2n) is 5.95. The molecule has 2 aromatic carbocycles. The first-order valence-corrected chi connectivity index (χ1v) is 8.13. The normalized spacial score (nSPS) is 11.1. The molecule has 1 heterocycles. The van der Waals surface area contributed by atoms with Crippen LogP contribution in [0, 0.1) is 24.4 Å². The van der Waals surface area contributed by atoms with Crippen LogP contribution in [0.25, 0.3) is 6.08 Å². The van der Waals surface area contributed by atoms with Gasteiger partial charge in [-0.1, -0.05) is 12.1 Å². The van der Waals surface area contributed by atoms with Crippen molar-refractivity contribution in [3.05, 3.63) is 88.9 Å². The van der Waals surface area contributed by atoms with Gasteiger partial charge in [-0.05, 0) is 48.9 Å². The minimum absolute atomic E-state index is 0.0410. The zero-order chi connectivity index (χ0) is 19.4. The summed E-state index contributed by atoms with van der Waals surface area (Å²) >= 11 is 0. The SMILES string of the molecule is Cc1cnn(Cc2cc(F)ccc2F)c1NC(=O)/C=C/c1cccc(F)c1. The lowest BCUT2D eigenvalue weighted by Crippen LogP contribution is -2.15. The van der Waals surface area contributed by atoms with Gasteiger partial charge in [-0.25, -0.2) is 17.9 Å². The molecular weight excluding hydrogens is 355 g/mol. The van der Waals surface area contributed by atoms with Gasteiger partial charge < -0.3 is 5.32 Å². The van der Waals surface area contributed by atoms with E-state index in [2.05, 4.69) is 10.4 Å². The van der Waals surface area contributed by atoms with Gasteiger partial charge >= 0.3 is 0 Å². The lowest BCUT2D eigenvalue weighted by Gasteiger charge is -2.10. The van der Waals surface area contributed by atoms with Gasteiger partial charge in [0.25, 0.3) is 0 Å². The first-order chi connectivity index (χ1) is 12.9. The number of nitrogens with one attached hydrogen (secondary N) is 1. The summed E-state index contributed by atoms with van der Waals surface area (Å²) in [6.45, 7) is 1.69. The minimum atomic E-state index is -0.562. The summed E-state index contributed by atoms with van der Waals surface area (Å²) in [5.41, 5.74) is 1.32. The maximum absolute atomic E-state index is 13.9. The Bertz CT molecular complexity index is 1010. The maximum atomic E-state index is 13.9. The molecule has 0 radical (unpaired) electrons. The van der Waals surface area contributed by atoms with Crippen molar-refractivity contribution in [2.45, 2.75) is 13.5 Å². The van der Waals surface area contributed by atoms with Crippen molar-refractivity contribution in [2.24, 2.45) is 0 Å². The molecule has 0 aliphatic rings. The zero-order valence-electron chi connectivity index (χ0n) is 14.4. The highest BCUT2D eigenvalue weighted by atomic mass is 19.1. The van der Waals surface area contributed by atoms with Crippen LogP contribution < -0.4 is 5.32 Å². The standard InChI is InChI=1S/C20H16F3N3O/c1-13-11-24-26(12-15-10-17(22)6-7-18(15)23)20(13)25-19(27)8-5-14-3-2-4-16(21)9-14/h2-11H,12H2,1H3,(H,25,27)/b8-5+. The molecule has 0 spiro atoms. The zero-order valence-corrected chi connectivity index (χ0v) is 14.4. The Morgan fingerprint density at radius 1 is 1.15 bits per heavy atom. The van der Waals surface area contributed by atoms with Crippen molar-refractivity contribution < 1.29 is 18.0 Å². The number of anilines is 1. The average Bonchev–Trinajstić information content (AvgIpc) is 2.96. The summed E-state index contributed by atoms with van der Waals surface area (Å²) < 4.78 is 41.8. The van der Waals surface area contributed by atoms with E-state index in [1.807, 2.05) is 0 Å². The highest BCUT2D eigenvalue weighted by molar-refractivity contribution is 6.01. The third-order valence-corrected chi connectivity index (χ3v) is 3.87.